The highest BCUT2D eigenvalue weighted by molar-refractivity contribution is 6.42. The van der Waals surface area contributed by atoms with Crippen LogP contribution in [0.3, 0.4) is 0 Å². The fourth-order valence-electron chi connectivity index (χ4n) is 2.91. The molecule has 7 heteroatoms. The number of benzene rings is 1. The van der Waals surface area contributed by atoms with Crippen LogP contribution in [-0.4, -0.2) is 42.4 Å². The molecular formula is C18H25Cl2N3O2. The van der Waals surface area contributed by atoms with Gasteiger partial charge in [0.05, 0.1) is 22.6 Å². The number of rotatable bonds is 6. The summed E-state index contributed by atoms with van der Waals surface area (Å²) in [5.74, 6) is -0.241. The van der Waals surface area contributed by atoms with Gasteiger partial charge in [-0.2, -0.15) is 0 Å². The fourth-order valence-corrected chi connectivity index (χ4v) is 3.20. The van der Waals surface area contributed by atoms with Crippen molar-refractivity contribution in [3.63, 3.8) is 0 Å². The van der Waals surface area contributed by atoms with Gasteiger partial charge in [-0.3, -0.25) is 14.5 Å². The van der Waals surface area contributed by atoms with Crippen LogP contribution in [0.5, 0.6) is 0 Å². The molecule has 0 heterocycles. The van der Waals surface area contributed by atoms with Crippen LogP contribution in [0.4, 0.5) is 5.69 Å². The second-order valence-electron chi connectivity index (χ2n) is 6.61. The summed E-state index contributed by atoms with van der Waals surface area (Å²) in [4.78, 5) is 26.3. The lowest BCUT2D eigenvalue weighted by molar-refractivity contribution is -0.127. The Morgan fingerprint density at radius 2 is 1.88 bits per heavy atom. The Kier molecular flexibility index (Phi) is 7.54. The first-order chi connectivity index (χ1) is 11.9. The minimum absolute atomic E-state index is 0.0308. The predicted molar refractivity (Wildman–Crippen MR) is 102 cm³/mol. The van der Waals surface area contributed by atoms with Crippen molar-refractivity contribution in [3.05, 3.63) is 28.2 Å². The van der Waals surface area contributed by atoms with E-state index in [1.165, 1.54) is 19.3 Å². The molecule has 25 heavy (non-hydrogen) atoms. The first-order valence-corrected chi connectivity index (χ1v) is 9.38. The highest BCUT2D eigenvalue weighted by Crippen LogP contribution is 2.25. The maximum Gasteiger partial charge on any atom is 0.238 e. The quantitative estimate of drug-likeness (QED) is 0.784. The zero-order chi connectivity index (χ0) is 18.4. The summed E-state index contributed by atoms with van der Waals surface area (Å²) in [7, 11) is 1.76. The van der Waals surface area contributed by atoms with Gasteiger partial charge in [0.15, 0.2) is 0 Å². The van der Waals surface area contributed by atoms with E-state index in [0.717, 1.165) is 12.8 Å². The van der Waals surface area contributed by atoms with Crippen molar-refractivity contribution in [2.75, 3.05) is 18.9 Å². The summed E-state index contributed by atoms with van der Waals surface area (Å²) in [6.07, 6.45) is 5.67. The van der Waals surface area contributed by atoms with Crippen molar-refractivity contribution in [2.24, 2.45) is 0 Å². The highest BCUT2D eigenvalue weighted by Gasteiger charge is 2.23. The van der Waals surface area contributed by atoms with Crippen LogP contribution >= 0.6 is 23.2 Å². The molecule has 1 saturated carbocycles. The topological polar surface area (TPSA) is 61.4 Å². The Bertz CT molecular complexity index is 618. The SMILES string of the molecule is C[C@H](C(=O)NC1CCCCC1)N(C)CC(=O)Nc1ccc(Cl)c(Cl)c1. The van der Waals surface area contributed by atoms with Crippen molar-refractivity contribution in [1.29, 1.82) is 0 Å². The zero-order valence-electron chi connectivity index (χ0n) is 14.6. The lowest BCUT2D eigenvalue weighted by Gasteiger charge is -2.28. The molecule has 1 aromatic carbocycles. The molecule has 1 aliphatic rings. The number of carbonyl (C=O) groups is 2. The Labute approximate surface area is 159 Å². The van der Waals surface area contributed by atoms with Crippen molar-refractivity contribution in [2.45, 2.75) is 51.1 Å². The third-order valence-corrected chi connectivity index (χ3v) is 5.33. The standard InChI is InChI=1S/C18H25Cl2N3O2/c1-12(18(25)22-13-6-4-3-5-7-13)23(2)11-17(24)21-14-8-9-15(19)16(20)10-14/h8-10,12-13H,3-7,11H2,1-2H3,(H,21,24)(H,22,25)/t12-/m1/s1. The van der Waals surface area contributed by atoms with E-state index in [4.69, 9.17) is 23.2 Å². The Hall–Kier alpha value is -1.30. The van der Waals surface area contributed by atoms with Gasteiger partial charge < -0.3 is 10.6 Å². The third-order valence-electron chi connectivity index (χ3n) is 4.59. The monoisotopic (exact) mass is 385 g/mol. The minimum Gasteiger partial charge on any atom is -0.352 e. The molecule has 2 N–H and O–H groups in total. The van der Waals surface area contributed by atoms with Crippen molar-refractivity contribution < 1.29 is 9.59 Å². The van der Waals surface area contributed by atoms with Crippen molar-refractivity contribution in [3.8, 4) is 0 Å². The molecule has 1 aromatic rings. The number of hydrogen-bond donors (Lipinski definition) is 2. The third kappa shape index (κ3) is 6.17. The van der Waals surface area contributed by atoms with Crippen LogP contribution in [0.15, 0.2) is 18.2 Å². The van der Waals surface area contributed by atoms with Crippen LogP contribution in [0.25, 0.3) is 0 Å². The smallest absolute Gasteiger partial charge is 0.238 e. The summed E-state index contributed by atoms with van der Waals surface area (Å²) >= 11 is 11.8. The van der Waals surface area contributed by atoms with Gasteiger partial charge in [0, 0.05) is 11.7 Å². The van der Waals surface area contributed by atoms with Crippen LogP contribution < -0.4 is 10.6 Å². The number of nitrogens with zero attached hydrogens (tertiary/aromatic N) is 1. The molecule has 1 atom stereocenters. The number of amides is 2. The van der Waals surface area contributed by atoms with Gasteiger partial charge in [0.1, 0.15) is 0 Å². The number of likely N-dealkylation sites (N-methyl/N-ethyl adjacent to an activating group) is 1. The van der Waals surface area contributed by atoms with Gasteiger partial charge in [0.25, 0.3) is 0 Å². The van der Waals surface area contributed by atoms with E-state index in [1.54, 1.807) is 30.1 Å². The second kappa shape index (κ2) is 9.41. The largest absolute Gasteiger partial charge is 0.352 e. The number of halogens is 2. The van der Waals surface area contributed by atoms with Crippen LogP contribution in [0.2, 0.25) is 10.0 Å². The molecule has 1 fully saturated rings. The van der Waals surface area contributed by atoms with Crippen LogP contribution in [0.1, 0.15) is 39.0 Å². The Balaban J connectivity index is 1.82. The van der Waals surface area contributed by atoms with Gasteiger partial charge in [-0.15, -0.1) is 0 Å². The van der Waals surface area contributed by atoms with E-state index >= 15 is 0 Å². The second-order valence-corrected chi connectivity index (χ2v) is 7.43. The Morgan fingerprint density at radius 3 is 2.52 bits per heavy atom. The lowest BCUT2D eigenvalue weighted by Crippen LogP contribution is -2.49. The van der Waals surface area contributed by atoms with Gasteiger partial charge in [-0.05, 0) is 45.0 Å². The molecule has 138 valence electrons. The van der Waals surface area contributed by atoms with Crippen LogP contribution in [-0.2, 0) is 9.59 Å². The normalized spacial score (nSPS) is 16.5. The number of nitrogens with one attached hydrogen (secondary N) is 2. The summed E-state index contributed by atoms with van der Waals surface area (Å²) < 4.78 is 0. The molecule has 1 aliphatic carbocycles. The summed E-state index contributed by atoms with van der Waals surface area (Å²) in [5, 5.41) is 6.67. The number of anilines is 1. The summed E-state index contributed by atoms with van der Waals surface area (Å²) in [5.41, 5.74) is 0.576. The molecule has 5 nitrogen and oxygen atoms in total. The maximum absolute atomic E-state index is 12.4. The fraction of sp³-hybridized carbons (Fsp3) is 0.556. The average molecular weight is 386 g/mol. The number of hydrogen-bond acceptors (Lipinski definition) is 3. The van der Waals surface area contributed by atoms with E-state index < -0.39 is 0 Å². The molecule has 0 bridgehead atoms. The first-order valence-electron chi connectivity index (χ1n) is 8.62. The lowest BCUT2D eigenvalue weighted by atomic mass is 9.95. The molecule has 0 radical (unpaired) electrons. The van der Waals surface area contributed by atoms with E-state index in [1.807, 2.05) is 6.92 Å². The molecule has 2 rings (SSSR count). The van der Waals surface area contributed by atoms with Crippen molar-refractivity contribution >= 4 is 40.7 Å². The summed E-state index contributed by atoms with van der Waals surface area (Å²) in [6, 6.07) is 4.80. The van der Waals surface area contributed by atoms with Crippen LogP contribution in [0, 0.1) is 0 Å². The molecule has 0 spiro atoms. The average Bonchev–Trinajstić information content (AvgIpc) is 2.58. The molecular weight excluding hydrogens is 361 g/mol. The Morgan fingerprint density at radius 1 is 1.20 bits per heavy atom. The molecule has 0 aromatic heterocycles. The van der Waals surface area contributed by atoms with E-state index in [9.17, 15) is 9.59 Å². The van der Waals surface area contributed by atoms with Gasteiger partial charge in [-0.25, -0.2) is 0 Å². The maximum atomic E-state index is 12.4. The zero-order valence-corrected chi connectivity index (χ0v) is 16.2. The van der Waals surface area contributed by atoms with Gasteiger partial charge in [-0.1, -0.05) is 42.5 Å². The van der Waals surface area contributed by atoms with Crippen molar-refractivity contribution in [1.82, 2.24) is 10.2 Å². The number of carbonyl (C=O) groups excluding carboxylic acids is 2. The molecule has 0 aliphatic heterocycles. The highest BCUT2D eigenvalue weighted by atomic mass is 35.5. The van der Waals surface area contributed by atoms with Gasteiger partial charge in [0.2, 0.25) is 11.8 Å². The van der Waals surface area contributed by atoms with Gasteiger partial charge >= 0.3 is 0 Å². The van der Waals surface area contributed by atoms with E-state index in [-0.39, 0.29) is 30.4 Å². The molecule has 2 amide bonds. The van der Waals surface area contributed by atoms with E-state index in [2.05, 4.69) is 10.6 Å². The van der Waals surface area contributed by atoms with E-state index in [0.29, 0.717) is 15.7 Å². The summed E-state index contributed by atoms with van der Waals surface area (Å²) in [6.45, 7) is 1.92. The molecule has 0 unspecified atom stereocenters. The first kappa shape index (κ1) is 20.0. The minimum atomic E-state index is -0.374. The molecule has 0 saturated heterocycles. The predicted octanol–water partition coefficient (Wildman–Crippen LogP) is 3.70.